The van der Waals surface area contributed by atoms with Gasteiger partial charge in [0.15, 0.2) is 0 Å². The summed E-state index contributed by atoms with van der Waals surface area (Å²) in [4.78, 5) is 24.4. The second-order valence-electron chi connectivity index (χ2n) is 4.02. The Bertz CT molecular complexity index is 478. The number of rotatable bonds is 3. The predicted molar refractivity (Wildman–Crippen MR) is 55.7 cm³/mol. The molecule has 1 unspecified atom stereocenters. The first kappa shape index (κ1) is 13.0. The van der Waals surface area contributed by atoms with Gasteiger partial charge in [0, 0.05) is 6.54 Å². The van der Waals surface area contributed by atoms with E-state index in [2.05, 4.69) is 4.28 Å². The molecule has 2 aliphatic heterocycles. The van der Waals surface area contributed by atoms with Gasteiger partial charge >= 0.3 is 16.4 Å². The lowest BCUT2D eigenvalue weighted by Crippen LogP contribution is -2.51. The monoisotopic (exact) mass is 280 g/mol. The van der Waals surface area contributed by atoms with Gasteiger partial charge in [-0.15, -0.1) is 4.28 Å². The van der Waals surface area contributed by atoms with Gasteiger partial charge in [-0.25, -0.2) is 10.6 Å². The number of hydroxylamine groups is 2. The van der Waals surface area contributed by atoms with Crippen molar-refractivity contribution >= 4 is 22.3 Å². The first-order valence-electron chi connectivity index (χ1n) is 5.11. The van der Waals surface area contributed by atoms with E-state index in [1.807, 2.05) is 5.43 Å². The van der Waals surface area contributed by atoms with Crippen molar-refractivity contribution in [2.45, 2.75) is 24.9 Å². The Labute approximate surface area is 103 Å². The normalized spacial score (nSPS) is 27.6. The number of urea groups is 1. The smallest absolute Gasteiger partial charge is 0.309 e. The zero-order valence-electron chi connectivity index (χ0n) is 9.14. The van der Waals surface area contributed by atoms with Crippen molar-refractivity contribution in [3.63, 3.8) is 0 Å². The summed E-state index contributed by atoms with van der Waals surface area (Å²) in [6.45, 7) is 0.145. The fourth-order valence-electron chi connectivity index (χ4n) is 2.20. The van der Waals surface area contributed by atoms with Crippen LogP contribution in [0, 0.1) is 0 Å². The molecule has 11 heteroatoms. The Morgan fingerprint density at radius 1 is 1.50 bits per heavy atom. The van der Waals surface area contributed by atoms with Gasteiger partial charge in [-0.2, -0.15) is 13.5 Å². The lowest BCUT2D eigenvalue weighted by Gasteiger charge is -2.28. The molecular weight excluding hydrogens is 268 g/mol. The maximum Gasteiger partial charge on any atom is 0.418 e. The summed E-state index contributed by atoms with van der Waals surface area (Å²) in [5.74, 6) is 4.47. The highest BCUT2D eigenvalue weighted by Crippen LogP contribution is 2.30. The van der Waals surface area contributed by atoms with E-state index in [4.69, 9.17) is 10.4 Å². The van der Waals surface area contributed by atoms with E-state index in [9.17, 15) is 18.0 Å². The largest absolute Gasteiger partial charge is 0.418 e. The Hall–Kier alpha value is -1.43. The number of fused-ring (bicyclic) bond motifs is 2. The van der Waals surface area contributed by atoms with Gasteiger partial charge in [0.1, 0.15) is 6.04 Å². The fraction of sp³-hybridized carbons (Fsp3) is 0.714. The molecular formula is C7H12N4O6S. The van der Waals surface area contributed by atoms with E-state index in [1.165, 1.54) is 0 Å². The molecule has 0 saturated carbocycles. The number of carbonyl (C=O) groups is 2. The molecule has 0 aromatic heterocycles. The number of carbonyl (C=O) groups excluding carboxylic acids is 2. The van der Waals surface area contributed by atoms with Crippen LogP contribution in [0.4, 0.5) is 4.79 Å². The molecule has 2 fully saturated rings. The average Bonchev–Trinajstić information content (AvgIpc) is 2.52. The highest BCUT2D eigenvalue weighted by molar-refractivity contribution is 7.80. The SMILES string of the molecule is NNC(=O)[C@@H]1CCC2CN1C(=O)N2OS(=O)(=O)O. The Morgan fingerprint density at radius 3 is 2.72 bits per heavy atom. The van der Waals surface area contributed by atoms with Gasteiger partial charge in [0.2, 0.25) is 0 Å². The van der Waals surface area contributed by atoms with Crippen LogP contribution in [0.25, 0.3) is 0 Å². The lowest BCUT2D eigenvalue weighted by molar-refractivity contribution is -0.126. The zero-order chi connectivity index (χ0) is 13.5. The van der Waals surface area contributed by atoms with Crippen LogP contribution in [0.3, 0.4) is 0 Å². The summed E-state index contributed by atoms with van der Waals surface area (Å²) in [6, 6.07) is -2.06. The van der Waals surface area contributed by atoms with Crippen LogP contribution in [0.15, 0.2) is 0 Å². The van der Waals surface area contributed by atoms with Crippen molar-refractivity contribution in [2.75, 3.05) is 6.54 Å². The second kappa shape index (κ2) is 4.35. The van der Waals surface area contributed by atoms with Crippen molar-refractivity contribution in [2.24, 2.45) is 5.84 Å². The first-order chi connectivity index (χ1) is 8.33. The second-order valence-corrected chi connectivity index (χ2v) is 5.02. The van der Waals surface area contributed by atoms with E-state index in [-0.39, 0.29) is 6.54 Å². The highest BCUT2D eigenvalue weighted by atomic mass is 32.3. The topological polar surface area (TPSA) is 142 Å². The van der Waals surface area contributed by atoms with Gasteiger partial charge in [-0.3, -0.25) is 14.8 Å². The predicted octanol–water partition coefficient (Wildman–Crippen LogP) is -2.02. The van der Waals surface area contributed by atoms with E-state index < -0.39 is 34.4 Å². The minimum absolute atomic E-state index is 0.145. The van der Waals surface area contributed by atoms with Gasteiger partial charge < -0.3 is 4.90 Å². The van der Waals surface area contributed by atoms with Gasteiger partial charge in [0.05, 0.1) is 6.04 Å². The number of nitrogens with one attached hydrogen (secondary N) is 1. The molecule has 0 aliphatic carbocycles. The van der Waals surface area contributed by atoms with Crippen molar-refractivity contribution in [3.8, 4) is 0 Å². The summed E-state index contributed by atoms with van der Waals surface area (Å²) in [5, 5.41) is 0.569. The molecule has 0 aromatic rings. The average molecular weight is 280 g/mol. The Balaban J connectivity index is 2.17. The maximum atomic E-state index is 11.8. The molecule has 2 rings (SSSR count). The number of piperidine rings is 1. The van der Waals surface area contributed by atoms with Crippen LogP contribution in [0.5, 0.6) is 0 Å². The van der Waals surface area contributed by atoms with Crippen LogP contribution < -0.4 is 11.3 Å². The van der Waals surface area contributed by atoms with Crippen LogP contribution in [0.2, 0.25) is 0 Å². The number of nitrogens with two attached hydrogens (primary N) is 1. The van der Waals surface area contributed by atoms with Crippen LogP contribution >= 0.6 is 0 Å². The van der Waals surface area contributed by atoms with Crippen LogP contribution in [-0.2, 0) is 19.5 Å². The van der Waals surface area contributed by atoms with Crippen molar-refractivity contribution in [1.29, 1.82) is 0 Å². The molecule has 2 atom stereocenters. The molecule has 2 heterocycles. The molecule has 4 N–H and O–H groups in total. The molecule has 3 amide bonds. The standard InChI is InChI=1S/C7H12N4O6S/c8-9-6(12)5-2-1-4-3-10(5)7(13)11(4)17-18(14,15)16/h4-5H,1-3,8H2,(H,9,12)(H,14,15,16)/t4?,5-/m0/s1. The van der Waals surface area contributed by atoms with E-state index >= 15 is 0 Å². The lowest BCUT2D eigenvalue weighted by atomic mass is 10.0. The fourth-order valence-corrected chi connectivity index (χ4v) is 2.59. The molecule has 2 bridgehead atoms. The molecule has 0 radical (unpaired) electrons. The number of nitrogens with zero attached hydrogens (tertiary/aromatic N) is 2. The minimum Gasteiger partial charge on any atom is -0.309 e. The van der Waals surface area contributed by atoms with Crippen molar-refractivity contribution in [1.82, 2.24) is 15.4 Å². The molecule has 18 heavy (non-hydrogen) atoms. The quantitative estimate of drug-likeness (QED) is 0.234. The molecule has 0 spiro atoms. The number of hydrazine groups is 1. The number of hydrogen-bond donors (Lipinski definition) is 3. The van der Waals surface area contributed by atoms with Gasteiger partial charge in [0.25, 0.3) is 5.91 Å². The summed E-state index contributed by atoms with van der Waals surface area (Å²) in [7, 11) is -4.77. The number of hydrogen-bond acceptors (Lipinski definition) is 6. The molecule has 10 nitrogen and oxygen atoms in total. The van der Waals surface area contributed by atoms with Crippen LogP contribution in [0.1, 0.15) is 12.8 Å². The highest BCUT2D eigenvalue weighted by Gasteiger charge is 2.49. The summed E-state index contributed by atoms with van der Waals surface area (Å²) >= 11 is 0. The van der Waals surface area contributed by atoms with Gasteiger partial charge in [-0.05, 0) is 12.8 Å². The minimum atomic E-state index is -4.77. The third-order valence-electron chi connectivity index (χ3n) is 2.94. The molecule has 2 aliphatic rings. The third-order valence-corrected chi connectivity index (χ3v) is 3.29. The molecule has 102 valence electrons. The molecule has 0 aromatic carbocycles. The zero-order valence-corrected chi connectivity index (χ0v) is 9.96. The Morgan fingerprint density at radius 2 is 2.17 bits per heavy atom. The van der Waals surface area contributed by atoms with Crippen molar-refractivity contribution in [3.05, 3.63) is 0 Å². The maximum absolute atomic E-state index is 11.8. The number of amides is 3. The first-order valence-corrected chi connectivity index (χ1v) is 6.47. The van der Waals surface area contributed by atoms with Crippen LogP contribution in [-0.4, -0.2) is 53.5 Å². The summed E-state index contributed by atoms with van der Waals surface area (Å²) in [6.07, 6.45) is 0.709. The Kier molecular flexibility index (Phi) is 3.14. The summed E-state index contributed by atoms with van der Waals surface area (Å²) in [5.41, 5.74) is 1.94. The van der Waals surface area contributed by atoms with Crippen molar-refractivity contribution < 1.29 is 26.8 Å². The van der Waals surface area contributed by atoms with E-state index in [0.29, 0.717) is 17.9 Å². The van der Waals surface area contributed by atoms with E-state index in [0.717, 1.165) is 4.90 Å². The molecule has 2 saturated heterocycles. The van der Waals surface area contributed by atoms with E-state index in [1.54, 1.807) is 0 Å². The summed E-state index contributed by atoms with van der Waals surface area (Å²) < 4.78 is 34.0. The third kappa shape index (κ3) is 2.25. The van der Waals surface area contributed by atoms with Gasteiger partial charge in [-0.1, -0.05) is 0 Å².